The smallest absolute Gasteiger partial charge is 0.261 e. The summed E-state index contributed by atoms with van der Waals surface area (Å²) in [5.41, 5.74) is 1.56. The predicted molar refractivity (Wildman–Crippen MR) is 115 cm³/mol. The van der Waals surface area contributed by atoms with Gasteiger partial charge in [-0.25, -0.2) is 8.42 Å². The number of hydrogen-bond acceptors (Lipinski definition) is 3. The van der Waals surface area contributed by atoms with Crippen molar-refractivity contribution in [2.75, 3.05) is 4.72 Å². The lowest BCUT2D eigenvalue weighted by Crippen LogP contribution is -2.15. The van der Waals surface area contributed by atoms with Gasteiger partial charge in [-0.05, 0) is 37.6 Å². The molecule has 0 aromatic heterocycles. The molecule has 0 bridgehead atoms. The quantitative estimate of drug-likeness (QED) is 0.441. The van der Waals surface area contributed by atoms with Crippen LogP contribution >= 0.6 is 11.6 Å². The minimum absolute atomic E-state index is 0.139. The molecule has 0 aliphatic heterocycles. The first-order chi connectivity index (χ1) is 13.3. The van der Waals surface area contributed by atoms with Crippen LogP contribution in [0.3, 0.4) is 0 Å². The number of aliphatic hydroxyl groups is 1. The molecule has 0 aliphatic carbocycles. The molecule has 2 rings (SSSR count). The molecule has 0 fully saturated rings. The van der Waals surface area contributed by atoms with Gasteiger partial charge in [0.1, 0.15) is 6.10 Å². The molecule has 0 saturated carbocycles. The van der Waals surface area contributed by atoms with Crippen LogP contribution in [0.4, 0.5) is 5.69 Å². The van der Waals surface area contributed by atoms with Crippen molar-refractivity contribution < 1.29 is 13.5 Å². The molecule has 0 heterocycles. The molecule has 0 amide bonds. The van der Waals surface area contributed by atoms with Crippen LogP contribution in [0, 0.1) is 18.8 Å². The maximum Gasteiger partial charge on any atom is 0.261 e. The van der Waals surface area contributed by atoms with E-state index < -0.39 is 16.1 Å². The largest absolute Gasteiger partial charge is 0.376 e. The first-order valence-corrected chi connectivity index (χ1v) is 11.2. The third-order valence-electron chi connectivity index (χ3n) is 4.28. The second kappa shape index (κ2) is 10.5. The third kappa shape index (κ3) is 6.56. The number of benzene rings is 2. The van der Waals surface area contributed by atoms with Crippen molar-refractivity contribution in [3.05, 3.63) is 58.6 Å². The number of rotatable bonds is 8. The lowest BCUT2D eigenvalue weighted by atomic mass is 10.1. The van der Waals surface area contributed by atoms with Crippen molar-refractivity contribution in [3.8, 4) is 11.8 Å². The predicted octanol–water partition coefficient (Wildman–Crippen LogP) is 5.46. The first-order valence-electron chi connectivity index (χ1n) is 9.39. The fraction of sp³-hybridized carbons (Fsp3) is 0.364. The number of nitrogens with one attached hydrogen (secondary N) is 1. The normalized spacial score (nSPS) is 12.1. The Morgan fingerprint density at radius 2 is 1.82 bits per heavy atom. The van der Waals surface area contributed by atoms with Gasteiger partial charge in [0.05, 0.1) is 10.6 Å². The van der Waals surface area contributed by atoms with Crippen molar-refractivity contribution in [1.82, 2.24) is 0 Å². The fourth-order valence-corrected chi connectivity index (χ4v) is 3.91. The summed E-state index contributed by atoms with van der Waals surface area (Å²) in [4.78, 5) is 0.139. The van der Waals surface area contributed by atoms with E-state index in [4.69, 9.17) is 11.6 Å². The molecule has 1 unspecified atom stereocenters. The Bertz CT molecular complexity index is 944. The molecule has 0 saturated heterocycles. The zero-order valence-corrected chi connectivity index (χ0v) is 17.8. The van der Waals surface area contributed by atoms with Gasteiger partial charge >= 0.3 is 0 Å². The van der Waals surface area contributed by atoms with E-state index >= 15 is 0 Å². The van der Waals surface area contributed by atoms with E-state index in [-0.39, 0.29) is 10.6 Å². The van der Waals surface area contributed by atoms with Gasteiger partial charge in [-0.2, -0.15) is 0 Å². The van der Waals surface area contributed by atoms with Crippen LogP contribution in [0.2, 0.25) is 5.02 Å². The Hall–Kier alpha value is -2.00. The van der Waals surface area contributed by atoms with E-state index in [0.29, 0.717) is 17.0 Å². The van der Waals surface area contributed by atoms with E-state index in [1.165, 1.54) is 24.6 Å². The van der Waals surface area contributed by atoms with Crippen LogP contribution in [-0.2, 0) is 10.0 Å². The molecule has 4 nitrogen and oxygen atoms in total. The molecule has 2 N–H and O–H groups in total. The molecule has 150 valence electrons. The highest BCUT2D eigenvalue weighted by molar-refractivity contribution is 7.92. The van der Waals surface area contributed by atoms with Gasteiger partial charge in [-0.15, -0.1) is 5.92 Å². The maximum absolute atomic E-state index is 12.7. The molecule has 2 aromatic rings. The summed E-state index contributed by atoms with van der Waals surface area (Å²) in [6, 6.07) is 11.2. The lowest BCUT2D eigenvalue weighted by molar-refractivity contribution is 0.239. The fourth-order valence-electron chi connectivity index (χ4n) is 2.66. The van der Waals surface area contributed by atoms with E-state index in [1.807, 2.05) is 6.92 Å². The van der Waals surface area contributed by atoms with Crippen molar-refractivity contribution in [2.24, 2.45) is 0 Å². The van der Waals surface area contributed by atoms with Gasteiger partial charge < -0.3 is 5.11 Å². The molecule has 0 spiro atoms. The van der Waals surface area contributed by atoms with Gasteiger partial charge in [-0.1, -0.05) is 67.5 Å². The van der Waals surface area contributed by atoms with Crippen molar-refractivity contribution >= 4 is 27.3 Å². The van der Waals surface area contributed by atoms with Crippen molar-refractivity contribution in [2.45, 2.75) is 57.0 Å². The maximum atomic E-state index is 12.7. The molecule has 1 atom stereocenters. The monoisotopic (exact) mass is 419 g/mol. The van der Waals surface area contributed by atoms with Crippen LogP contribution in [0.5, 0.6) is 0 Å². The minimum atomic E-state index is -3.81. The molecule has 0 aliphatic rings. The van der Waals surface area contributed by atoms with Crippen molar-refractivity contribution in [1.29, 1.82) is 0 Å². The zero-order chi connectivity index (χ0) is 20.6. The van der Waals surface area contributed by atoms with Gasteiger partial charge in [0.15, 0.2) is 0 Å². The molecule has 28 heavy (non-hydrogen) atoms. The molecular formula is C22H26ClNO3S. The van der Waals surface area contributed by atoms with Crippen LogP contribution in [0.25, 0.3) is 0 Å². The summed E-state index contributed by atoms with van der Waals surface area (Å²) in [5, 5.41) is 10.8. The van der Waals surface area contributed by atoms with Gasteiger partial charge in [0.25, 0.3) is 10.0 Å². The Labute approximate surface area is 173 Å². The molecule has 0 radical (unpaired) electrons. The summed E-state index contributed by atoms with van der Waals surface area (Å²) in [5.74, 6) is 5.77. The van der Waals surface area contributed by atoms with Gasteiger partial charge in [0.2, 0.25) is 0 Å². The number of halogens is 1. The van der Waals surface area contributed by atoms with E-state index in [1.54, 1.807) is 24.3 Å². The highest BCUT2D eigenvalue weighted by Crippen LogP contribution is 2.28. The topological polar surface area (TPSA) is 66.4 Å². The highest BCUT2D eigenvalue weighted by atomic mass is 35.5. The molecule has 2 aromatic carbocycles. The summed E-state index contributed by atoms with van der Waals surface area (Å²) >= 11 is 6.04. The average Bonchev–Trinajstić information content (AvgIpc) is 2.64. The van der Waals surface area contributed by atoms with Crippen LogP contribution in [0.1, 0.15) is 56.3 Å². The number of sulfonamides is 1. The van der Waals surface area contributed by atoms with E-state index in [2.05, 4.69) is 23.5 Å². The van der Waals surface area contributed by atoms with Crippen molar-refractivity contribution in [3.63, 3.8) is 0 Å². The number of aryl methyl sites for hydroxylation is 1. The Morgan fingerprint density at radius 1 is 1.11 bits per heavy atom. The summed E-state index contributed by atoms with van der Waals surface area (Å²) in [6.07, 6.45) is 4.04. The third-order valence-corrected chi connectivity index (χ3v) is 5.90. The Balaban J connectivity index is 2.20. The molecule has 6 heteroatoms. The summed E-state index contributed by atoms with van der Waals surface area (Å²) in [7, 11) is -3.81. The van der Waals surface area contributed by atoms with Crippen LogP contribution < -0.4 is 4.72 Å². The van der Waals surface area contributed by atoms with E-state index in [0.717, 1.165) is 24.8 Å². The highest BCUT2D eigenvalue weighted by Gasteiger charge is 2.18. The summed E-state index contributed by atoms with van der Waals surface area (Å²) in [6.45, 7) is 4.03. The first kappa shape index (κ1) is 22.3. The van der Waals surface area contributed by atoms with Gasteiger partial charge in [0, 0.05) is 17.0 Å². The number of anilines is 1. The number of unbranched alkanes of at least 4 members (excludes halogenated alkanes) is 4. The van der Waals surface area contributed by atoms with Gasteiger partial charge in [-0.3, -0.25) is 4.72 Å². The standard InChI is InChI=1S/C22H26ClNO3S/c1-3-4-5-6-7-8-9-22(25)20-15-12-18(23)16-21(20)24-28(26,27)19-13-10-17(2)11-14-19/h10-16,22,24-25H,3-7H2,1-2H3. The minimum Gasteiger partial charge on any atom is -0.376 e. The number of aliphatic hydroxyl groups excluding tert-OH is 1. The number of hydrogen-bond donors (Lipinski definition) is 2. The molecular weight excluding hydrogens is 394 g/mol. The second-order valence-corrected chi connectivity index (χ2v) is 8.80. The lowest BCUT2D eigenvalue weighted by Gasteiger charge is -2.14. The van der Waals surface area contributed by atoms with Crippen LogP contribution in [-0.4, -0.2) is 13.5 Å². The van der Waals surface area contributed by atoms with Crippen LogP contribution in [0.15, 0.2) is 47.4 Å². The van der Waals surface area contributed by atoms with E-state index in [9.17, 15) is 13.5 Å². The summed E-state index contributed by atoms with van der Waals surface area (Å²) < 4.78 is 27.9. The average molecular weight is 420 g/mol. The second-order valence-electron chi connectivity index (χ2n) is 6.68. The Kier molecular flexibility index (Phi) is 8.37. The zero-order valence-electron chi connectivity index (χ0n) is 16.2. The SMILES string of the molecule is CCCCCCC#CC(O)c1ccc(Cl)cc1NS(=O)(=O)c1ccc(C)cc1. The Morgan fingerprint density at radius 3 is 2.50 bits per heavy atom.